The van der Waals surface area contributed by atoms with E-state index in [4.69, 9.17) is 11.6 Å². The third kappa shape index (κ3) is 3.02. The first-order valence-corrected chi connectivity index (χ1v) is 7.09. The van der Waals surface area contributed by atoms with Crippen LogP contribution in [0, 0.1) is 6.92 Å². The smallest absolute Gasteiger partial charge is 0.0438 e. The fraction of sp³-hybridized carbons (Fsp3) is 0.600. The Bertz CT molecular complexity index is 381. The van der Waals surface area contributed by atoms with Gasteiger partial charge in [0, 0.05) is 5.02 Å². The molecular formula is C15H22ClN. The molecule has 0 amide bonds. The van der Waals surface area contributed by atoms with E-state index in [-0.39, 0.29) is 0 Å². The molecule has 94 valence electrons. The van der Waals surface area contributed by atoms with Gasteiger partial charge in [-0.2, -0.15) is 0 Å². The highest BCUT2D eigenvalue weighted by Crippen LogP contribution is 2.32. The molecule has 0 radical (unpaired) electrons. The highest BCUT2D eigenvalue weighted by molar-refractivity contribution is 6.31. The number of hydrogen-bond donors (Lipinski definition) is 1. The highest BCUT2D eigenvalue weighted by Gasteiger charge is 2.18. The molecule has 0 atom stereocenters. The number of halogens is 1. The Balaban J connectivity index is 2.32. The standard InChI is InChI=1S/C15H22ClN/c1-3-4-13-9-11(2)15(16)10-14(13)12-5-7-17-8-6-12/h9-10,12,17H,3-8H2,1-2H3. The summed E-state index contributed by atoms with van der Waals surface area (Å²) in [5, 5.41) is 4.36. The molecule has 0 aliphatic carbocycles. The average Bonchev–Trinajstić information content (AvgIpc) is 2.35. The third-order valence-electron chi connectivity index (χ3n) is 3.72. The van der Waals surface area contributed by atoms with Crippen LogP contribution in [0.2, 0.25) is 5.02 Å². The molecule has 0 spiro atoms. The van der Waals surface area contributed by atoms with Gasteiger partial charge in [0.05, 0.1) is 0 Å². The maximum absolute atomic E-state index is 6.29. The summed E-state index contributed by atoms with van der Waals surface area (Å²) < 4.78 is 0. The summed E-state index contributed by atoms with van der Waals surface area (Å²) in [5.74, 6) is 0.705. The van der Waals surface area contributed by atoms with Crippen LogP contribution in [0.3, 0.4) is 0 Å². The summed E-state index contributed by atoms with van der Waals surface area (Å²) in [4.78, 5) is 0. The molecule has 2 rings (SSSR count). The minimum Gasteiger partial charge on any atom is -0.317 e. The monoisotopic (exact) mass is 251 g/mol. The van der Waals surface area contributed by atoms with Crippen molar-refractivity contribution in [3.8, 4) is 0 Å². The van der Waals surface area contributed by atoms with Gasteiger partial charge in [-0.3, -0.25) is 0 Å². The summed E-state index contributed by atoms with van der Waals surface area (Å²) in [6, 6.07) is 4.51. The number of hydrogen-bond acceptors (Lipinski definition) is 1. The molecule has 1 fully saturated rings. The van der Waals surface area contributed by atoms with E-state index in [1.807, 2.05) is 0 Å². The normalized spacial score (nSPS) is 17.4. The SMILES string of the molecule is CCCc1cc(C)c(Cl)cc1C1CCNCC1. The van der Waals surface area contributed by atoms with Crippen molar-refractivity contribution in [1.29, 1.82) is 0 Å². The zero-order valence-corrected chi connectivity index (χ0v) is 11.6. The predicted molar refractivity (Wildman–Crippen MR) is 75.0 cm³/mol. The Hall–Kier alpha value is -0.530. The van der Waals surface area contributed by atoms with Crippen molar-refractivity contribution >= 4 is 11.6 Å². The van der Waals surface area contributed by atoms with Gasteiger partial charge in [0.2, 0.25) is 0 Å². The zero-order valence-electron chi connectivity index (χ0n) is 10.9. The Morgan fingerprint density at radius 1 is 1.29 bits per heavy atom. The van der Waals surface area contributed by atoms with Crippen molar-refractivity contribution in [2.75, 3.05) is 13.1 Å². The van der Waals surface area contributed by atoms with Crippen molar-refractivity contribution in [3.05, 3.63) is 33.8 Å². The van der Waals surface area contributed by atoms with E-state index in [0.717, 1.165) is 18.1 Å². The molecule has 0 bridgehead atoms. The van der Waals surface area contributed by atoms with Crippen molar-refractivity contribution in [2.24, 2.45) is 0 Å². The van der Waals surface area contributed by atoms with Crippen LogP contribution >= 0.6 is 11.6 Å². The number of aryl methyl sites for hydroxylation is 2. The maximum atomic E-state index is 6.29. The van der Waals surface area contributed by atoms with Gasteiger partial charge in [-0.15, -0.1) is 0 Å². The van der Waals surface area contributed by atoms with E-state index < -0.39 is 0 Å². The number of rotatable bonds is 3. The minimum absolute atomic E-state index is 0.705. The lowest BCUT2D eigenvalue weighted by Gasteiger charge is -2.26. The molecule has 1 nitrogen and oxygen atoms in total. The molecule has 1 saturated heterocycles. The van der Waals surface area contributed by atoms with Crippen LogP contribution in [0.5, 0.6) is 0 Å². The minimum atomic E-state index is 0.705. The van der Waals surface area contributed by atoms with Gasteiger partial charge in [0.25, 0.3) is 0 Å². The average molecular weight is 252 g/mol. The molecule has 1 aromatic carbocycles. The summed E-state index contributed by atoms with van der Waals surface area (Å²) >= 11 is 6.29. The maximum Gasteiger partial charge on any atom is 0.0438 e. The first kappa shape index (κ1) is 12.9. The fourth-order valence-corrected chi connectivity index (χ4v) is 2.93. The van der Waals surface area contributed by atoms with Crippen molar-refractivity contribution in [3.63, 3.8) is 0 Å². The van der Waals surface area contributed by atoms with E-state index in [2.05, 4.69) is 31.3 Å². The molecule has 0 aromatic heterocycles. The second-order valence-corrected chi connectivity index (χ2v) is 5.48. The number of piperidine rings is 1. The Kier molecular flexibility index (Phi) is 4.47. The predicted octanol–water partition coefficient (Wildman–Crippen LogP) is 4.07. The molecule has 2 heteroatoms. The zero-order chi connectivity index (χ0) is 12.3. The number of nitrogens with one attached hydrogen (secondary N) is 1. The lowest BCUT2D eigenvalue weighted by Crippen LogP contribution is -2.27. The largest absolute Gasteiger partial charge is 0.317 e. The van der Waals surface area contributed by atoms with Crippen molar-refractivity contribution in [1.82, 2.24) is 5.32 Å². The third-order valence-corrected chi connectivity index (χ3v) is 4.13. The molecule has 1 N–H and O–H groups in total. The van der Waals surface area contributed by atoms with Gasteiger partial charge in [-0.1, -0.05) is 31.0 Å². The van der Waals surface area contributed by atoms with Gasteiger partial charge in [-0.05, 0) is 68.0 Å². The van der Waals surface area contributed by atoms with E-state index in [1.165, 1.54) is 42.4 Å². The Labute approximate surface area is 110 Å². The summed E-state index contributed by atoms with van der Waals surface area (Å²) in [5.41, 5.74) is 4.23. The van der Waals surface area contributed by atoms with Crippen LogP contribution < -0.4 is 5.32 Å². The van der Waals surface area contributed by atoms with E-state index in [9.17, 15) is 0 Å². The lowest BCUT2D eigenvalue weighted by atomic mass is 9.85. The molecule has 0 unspecified atom stereocenters. The van der Waals surface area contributed by atoms with Crippen LogP contribution in [0.15, 0.2) is 12.1 Å². The second-order valence-electron chi connectivity index (χ2n) is 5.07. The first-order valence-electron chi connectivity index (χ1n) is 6.72. The topological polar surface area (TPSA) is 12.0 Å². The van der Waals surface area contributed by atoms with Gasteiger partial charge in [0.1, 0.15) is 0 Å². The summed E-state index contributed by atoms with van der Waals surface area (Å²) in [6.45, 7) is 6.63. The quantitative estimate of drug-likeness (QED) is 0.854. The summed E-state index contributed by atoms with van der Waals surface area (Å²) in [7, 11) is 0. The molecule has 1 heterocycles. The van der Waals surface area contributed by atoms with Gasteiger partial charge >= 0.3 is 0 Å². The summed E-state index contributed by atoms with van der Waals surface area (Å²) in [6.07, 6.45) is 4.88. The van der Waals surface area contributed by atoms with Crippen LogP contribution in [0.4, 0.5) is 0 Å². The van der Waals surface area contributed by atoms with E-state index >= 15 is 0 Å². The second kappa shape index (κ2) is 5.88. The Morgan fingerprint density at radius 2 is 2.00 bits per heavy atom. The van der Waals surface area contributed by atoms with Gasteiger partial charge in [0.15, 0.2) is 0 Å². The van der Waals surface area contributed by atoms with Crippen LogP contribution in [0.25, 0.3) is 0 Å². The van der Waals surface area contributed by atoms with Gasteiger partial charge < -0.3 is 5.32 Å². The first-order chi connectivity index (χ1) is 8.22. The molecule has 1 aliphatic rings. The van der Waals surface area contributed by atoms with Crippen molar-refractivity contribution in [2.45, 2.75) is 45.4 Å². The van der Waals surface area contributed by atoms with Gasteiger partial charge in [-0.25, -0.2) is 0 Å². The molecule has 1 aliphatic heterocycles. The Morgan fingerprint density at radius 3 is 2.65 bits per heavy atom. The number of benzene rings is 1. The molecule has 1 aromatic rings. The molecule has 17 heavy (non-hydrogen) atoms. The fourth-order valence-electron chi connectivity index (χ4n) is 2.76. The molecular weight excluding hydrogens is 230 g/mol. The van der Waals surface area contributed by atoms with Crippen LogP contribution in [0.1, 0.15) is 48.8 Å². The lowest BCUT2D eigenvalue weighted by molar-refractivity contribution is 0.458. The van der Waals surface area contributed by atoms with E-state index in [1.54, 1.807) is 0 Å². The van der Waals surface area contributed by atoms with Crippen LogP contribution in [-0.4, -0.2) is 13.1 Å². The van der Waals surface area contributed by atoms with Crippen LogP contribution in [-0.2, 0) is 6.42 Å². The van der Waals surface area contributed by atoms with Crippen molar-refractivity contribution < 1.29 is 0 Å². The van der Waals surface area contributed by atoms with E-state index in [0.29, 0.717) is 5.92 Å². The highest BCUT2D eigenvalue weighted by atomic mass is 35.5. The molecule has 0 saturated carbocycles.